The third-order valence-corrected chi connectivity index (χ3v) is 6.31. The van der Waals surface area contributed by atoms with Crippen molar-refractivity contribution in [3.63, 3.8) is 0 Å². The fourth-order valence-corrected chi connectivity index (χ4v) is 4.31. The molecule has 0 radical (unpaired) electrons. The zero-order valence-corrected chi connectivity index (χ0v) is 16.8. The van der Waals surface area contributed by atoms with Gasteiger partial charge in [0.05, 0.1) is 4.90 Å². The van der Waals surface area contributed by atoms with Crippen molar-refractivity contribution in [1.29, 1.82) is 0 Å². The summed E-state index contributed by atoms with van der Waals surface area (Å²) < 4.78 is 29.4. The van der Waals surface area contributed by atoms with Gasteiger partial charge in [-0.2, -0.15) is 0 Å². The van der Waals surface area contributed by atoms with Crippen LogP contribution in [0.3, 0.4) is 0 Å². The summed E-state index contributed by atoms with van der Waals surface area (Å²) in [5.41, 5.74) is 2.02. The van der Waals surface area contributed by atoms with Crippen molar-refractivity contribution < 1.29 is 13.2 Å². The Kier molecular flexibility index (Phi) is 5.21. The topological polar surface area (TPSA) is 93.1 Å². The van der Waals surface area contributed by atoms with Crippen molar-refractivity contribution in [3.8, 4) is 0 Å². The molecule has 1 aliphatic carbocycles. The second kappa shape index (κ2) is 7.81. The molecule has 0 atom stereocenters. The minimum atomic E-state index is -3.60. The maximum absolute atomic E-state index is 12.6. The average molecular weight is 410 g/mol. The van der Waals surface area contributed by atoms with Gasteiger partial charge in [-0.15, -0.1) is 0 Å². The Balaban J connectivity index is 1.44. The van der Waals surface area contributed by atoms with Gasteiger partial charge < -0.3 is 9.88 Å². The molecule has 150 valence electrons. The standard InChI is InChI=1S/C21H22N4O3S/c1-15-22-11-12-25(15)14-16-5-7-18(8-6-16)23-21(26)17-3-2-4-20(13-17)29(27,28)24-19-9-10-19/h2-8,11-13,19,24H,9-10,14H2,1H3,(H,23,26). The zero-order chi connectivity index (χ0) is 20.4. The number of imidazole rings is 1. The maximum Gasteiger partial charge on any atom is 0.255 e. The first kappa shape index (κ1) is 19.4. The Morgan fingerprint density at radius 2 is 1.93 bits per heavy atom. The van der Waals surface area contributed by atoms with Gasteiger partial charge in [0.25, 0.3) is 5.91 Å². The van der Waals surface area contributed by atoms with Gasteiger partial charge in [-0.1, -0.05) is 18.2 Å². The van der Waals surface area contributed by atoms with Crippen LogP contribution < -0.4 is 10.0 Å². The molecule has 1 fully saturated rings. The summed E-state index contributed by atoms with van der Waals surface area (Å²) in [6.07, 6.45) is 5.40. The number of sulfonamides is 1. The highest BCUT2D eigenvalue weighted by Gasteiger charge is 2.28. The van der Waals surface area contributed by atoms with Crippen LogP contribution in [0.15, 0.2) is 65.8 Å². The van der Waals surface area contributed by atoms with Crippen LogP contribution in [0, 0.1) is 6.92 Å². The van der Waals surface area contributed by atoms with Crippen molar-refractivity contribution in [2.45, 2.75) is 37.2 Å². The lowest BCUT2D eigenvalue weighted by molar-refractivity contribution is 0.102. The van der Waals surface area contributed by atoms with Crippen molar-refractivity contribution in [3.05, 3.63) is 77.9 Å². The molecule has 0 bridgehead atoms. The third-order valence-electron chi connectivity index (χ3n) is 4.79. The second-order valence-corrected chi connectivity index (χ2v) is 8.89. The van der Waals surface area contributed by atoms with Crippen LogP contribution in [-0.4, -0.2) is 29.9 Å². The minimum Gasteiger partial charge on any atom is -0.331 e. The van der Waals surface area contributed by atoms with E-state index in [1.54, 1.807) is 18.3 Å². The normalized spacial score (nSPS) is 14.0. The summed E-state index contributed by atoms with van der Waals surface area (Å²) in [4.78, 5) is 16.9. The molecule has 2 aromatic carbocycles. The van der Waals surface area contributed by atoms with Gasteiger partial charge in [0.15, 0.2) is 0 Å². The molecule has 1 aliphatic rings. The van der Waals surface area contributed by atoms with E-state index in [2.05, 4.69) is 15.0 Å². The largest absolute Gasteiger partial charge is 0.331 e. The third kappa shape index (κ3) is 4.72. The number of nitrogens with zero attached hydrogens (tertiary/aromatic N) is 2. The van der Waals surface area contributed by atoms with E-state index in [1.165, 1.54) is 12.1 Å². The summed E-state index contributed by atoms with van der Waals surface area (Å²) in [6, 6.07) is 13.6. The molecule has 8 heteroatoms. The highest BCUT2D eigenvalue weighted by atomic mass is 32.2. The van der Waals surface area contributed by atoms with Gasteiger partial charge in [0, 0.05) is 36.2 Å². The predicted molar refractivity (Wildman–Crippen MR) is 110 cm³/mol. The Morgan fingerprint density at radius 1 is 1.17 bits per heavy atom. The van der Waals surface area contributed by atoms with Gasteiger partial charge in [-0.3, -0.25) is 4.79 Å². The summed E-state index contributed by atoms with van der Waals surface area (Å²) in [5, 5.41) is 2.81. The molecule has 3 aromatic rings. The molecular formula is C21H22N4O3S. The van der Waals surface area contributed by atoms with Crippen LogP contribution in [0.4, 0.5) is 5.69 Å². The molecule has 1 heterocycles. The minimum absolute atomic E-state index is 0.0158. The van der Waals surface area contributed by atoms with Crippen molar-refractivity contribution in [2.75, 3.05) is 5.32 Å². The van der Waals surface area contributed by atoms with Crippen LogP contribution in [-0.2, 0) is 16.6 Å². The molecule has 7 nitrogen and oxygen atoms in total. The van der Waals surface area contributed by atoms with E-state index in [9.17, 15) is 13.2 Å². The average Bonchev–Trinajstić information content (AvgIpc) is 3.42. The van der Waals surface area contributed by atoms with E-state index < -0.39 is 10.0 Å². The number of anilines is 1. The molecule has 1 saturated carbocycles. The summed E-state index contributed by atoms with van der Waals surface area (Å²) in [5.74, 6) is 0.583. The number of benzene rings is 2. The summed E-state index contributed by atoms with van der Waals surface area (Å²) in [7, 11) is -3.60. The number of amides is 1. The van der Waals surface area contributed by atoms with Gasteiger partial charge >= 0.3 is 0 Å². The Morgan fingerprint density at radius 3 is 2.59 bits per heavy atom. The van der Waals surface area contributed by atoms with E-state index in [1.807, 2.05) is 42.0 Å². The van der Waals surface area contributed by atoms with E-state index in [0.29, 0.717) is 17.8 Å². The predicted octanol–water partition coefficient (Wildman–Crippen LogP) is 2.93. The zero-order valence-electron chi connectivity index (χ0n) is 16.0. The molecule has 0 saturated heterocycles. The maximum atomic E-state index is 12.6. The van der Waals surface area contributed by atoms with E-state index in [4.69, 9.17) is 0 Å². The van der Waals surface area contributed by atoms with Crippen LogP contribution in [0.25, 0.3) is 0 Å². The molecule has 29 heavy (non-hydrogen) atoms. The lowest BCUT2D eigenvalue weighted by Crippen LogP contribution is -2.26. The molecule has 1 amide bonds. The molecule has 4 rings (SSSR count). The highest BCUT2D eigenvalue weighted by molar-refractivity contribution is 7.89. The molecule has 1 aromatic heterocycles. The summed E-state index contributed by atoms with van der Waals surface area (Å²) in [6.45, 7) is 2.65. The number of carbonyl (C=O) groups is 1. The van der Waals surface area contributed by atoms with Crippen molar-refractivity contribution >= 4 is 21.6 Å². The van der Waals surface area contributed by atoms with Crippen LogP contribution in [0.2, 0.25) is 0 Å². The van der Waals surface area contributed by atoms with Gasteiger partial charge in [-0.05, 0) is 55.7 Å². The Bertz CT molecular complexity index is 1130. The molecule has 0 aliphatic heterocycles. The molecule has 0 spiro atoms. The quantitative estimate of drug-likeness (QED) is 0.626. The fourth-order valence-electron chi connectivity index (χ4n) is 2.96. The van der Waals surface area contributed by atoms with Crippen molar-refractivity contribution in [2.24, 2.45) is 0 Å². The van der Waals surface area contributed by atoms with Crippen LogP contribution >= 0.6 is 0 Å². The van der Waals surface area contributed by atoms with E-state index in [-0.39, 0.29) is 16.8 Å². The SMILES string of the molecule is Cc1nccn1Cc1ccc(NC(=O)c2cccc(S(=O)(=O)NC3CC3)c2)cc1. The highest BCUT2D eigenvalue weighted by Crippen LogP contribution is 2.22. The lowest BCUT2D eigenvalue weighted by Gasteiger charge is -2.10. The molecular weight excluding hydrogens is 388 g/mol. The lowest BCUT2D eigenvalue weighted by atomic mass is 10.2. The smallest absolute Gasteiger partial charge is 0.255 e. The summed E-state index contributed by atoms with van der Waals surface area (Å²) >= 11 is 0. The van der Waals surface area contributed by atoms with Crippen molar-refractivity contribution in [1.82, 2.24) is 14.3 Å². The number of aromatic nitrogens is 2. The fraction of sp³-hybridized carbons (Fsp3) is 0.238. The second-order valence-electron chi connectivity index (χ2n) is 7.18. The van der Waals surface area contributed by atoms with E-state index in [0.717, 1.165) is 24.2 Å². The van der Waals surface area contributed by atoms with Gasteiger partial charge in [0.1, 0.15) is 5.82 Å². The van der Waals surface area contributed by atoms with Crippen LogP contribution in [0.1, 0.15) is 34.6 Å². The Labute approximate surface area is 169 Å². The first-order valence-electron chi connectivity index (χ1n) is 9.41. The monoisotopic (exact) mass is 410 g/mol. The number of hydrogen-bond acceptors (Lipinski definition) is 4. The number of carbonyl (C=O) groups excluding carboxylic acids is 1. The number of hydrogen-bond donors (Lipinski definition) is 2. The number of aryl methyl sites for hydroxylation is 1. The van der Waals surface area contributed by atoms with Crippen LogP contribution in [0.5, 0.6) is 0 Å². The molecule has 2 N–H and O–H groups in total. The number of rotatable bonds is 7. The number of nitrogens with one attached hydrogen (secondary N) is 2. The van der Waals surface area contributed by atoms with Gasteiger partial charge in [0.2, 0.25) is 10.0 Å². The molecule has 0 unspecified atom stereocenters. The first-order valence-corrected chi connectivity index (χ1v) is 10.9. The Hall–Kier alpha value is -2.97. The van der Waals surface area contributed by atoms with Gasteiger partial charge in [-0.25, -0.2) is 18.1 Å². The van der Waals surface area contributed by atoms with E-state index >= 15 is 0 Å². The first-order chi connectivity index (χ1) is 13.9.